The minimum atomic E-state index is 0.383. The van der Waals surface area contributed by atoms with Gasteiger partial charge in [0.25, 0.3) is 0 Å². The molecule has 0 bridgehead atoms. The Morgan fingerprint density at radius 2 is 2.07 bits per heavy atom. The molecule has 3 heteroatoms. The SMILES string of the molecule is CC(C)CCCOC1CCN(C=O)CC1. The highest BCUT2D eigenvalue weighted by atomic mass is 16.5. The second kappa shape index (κ2) is 6.83. The molecular weight excluding hydrogens is 190 g/mol. The molecule has 15 heavy (non-hydrogen) atoms. The van der Waals surface area contributed by atoms with Gasteiger partial charge in [0.15, 0.2) is 0 Å². The lowest BCUT2D eigenvalue weighted by Gasteiger charge is -2.29. The standard InChI is InChI=1S/C12H23NO2/c1-11(2)4-3-9-15-12-5-7-13(10-14)8-6-12/h10-12H,3-9H2,1-2H3. The van der Waals surface area contributed by atoms with Crippen molar-refractivity contribution in [3.63, 3.8) is 0 Å². The topological polar surface area (TPSA) is 29.5 Å². The smallest absolute Gasteiger partial charge is 0.209 e. The molecule has 1 amide bonds. The molecule has 0 atom stereocenters. The molecule has 0 spiro atoms. The Bertz CT molecular complexity index is 174. The van der Waals surface area contributed by atoms with Crippen LogP contribution < -0.4 is 0 Å². The summed E-state index contributed by atoms with van der Waals surface area (Å²) in [5.41, 5.74) is 0. The monoisotopic (exact) mass is 213 g/mol. The van der Waals surface area contributed by atoms with Crippen LogP contribution in [0.4, 0.5) is 0 Å². The van der Waals surface area contributed by atoms with Crippen molar-refractivity contribution < 1.29 is 9.53 Å². The third-order valence-electron chi connectivity index (χ3n) is 2.91. The summed E-state index contributed by atoms with van der Waals surface area (Å²) in [6.07, 6.45) is 5.72. The van der Waals surface area contributed by atoms with E-state index in [0.717, 1.165) is 51.3 Å². The highest BCUT2D eigenvalue weighted by molar-refractivity contribution is 5.47. The molecule has 0 aliphatic carbocycles. The number of amides is 1. The normalized spacial score (nSPS) is 18.5. The van der Waals surface area contributed by atoms with Crippen LogP contribution in [-0.4, -0.2) is 37.1 Å². The van der Waals surface area contributed by atoms with Gasteiger partial charge in [0.1, 0.15) is 0 Å². The van der Waals surface area contributed by atoms with Crippen LogP contribution in [0.5, 0.6) is 0 Å². The third-order valence-corrected chi connectivity index (χ3v) is 2.91. The molecule has 0 radical (unpaired) electrons. The van der Waals surface area contributed by atoms with E-state index in [0.29, 0.717) is 6.10 Å². The number of hydrogen-bond acceptors (Lipinski definition) is 2. The van der Waals surface area contributed by atoms with Crippen LogP contribution in [0.15, 0.2) is 0 Å². The van der Waals surface area contributed by atoms with Crippen LogP contribution in [-0.2, 0) is 9.53 Å². The summed E-state index contributed by atoms with van der Waals surface area (Å²) in [6, 6.07) is 0. The van der Waals surface area contributed by atoms with Crippen LogP contribution >= 0.6 is 0 Å². The number of hydrogen-bond donors (Lipinski definition) is 0. The number of carbonyl (C=O) groups is 1. The van der Waals surface area contributed by atoms with Crippen molar-refractivity contribution in [3.05, 3.63) is 0 Å². The molecule has 1 saturated heterocycles. The van der Waals surface area contributed by atoms with E-state index < -0.39 is 0 Å². The maximum absolute atomic E-state index is 10.5. The highest BCUT2D eigenvalue weighted by Gasteiger charge is 2.17. The molecular formula is C12H23NO2. The number of carbonyl (C=O) groups excluding carboxylic acids is 1. The summed E-state index contributed by atoms with van der Waals surface area (Å²) in [6.45, 7) is 7.08. The van der Waals surface area contributed by atoms with Crippen LogP contribution in [0.2, 0.25) is 0 Å². The van der Waals surface area contributed by atoms with E-state index in [9.17, 15) is 4.79 Å². The fourth-order valence-corrected chi connectivity index (χ4v) is 1.89. The van der Waals surface area contributed by atoms with Crippen LogP contribution in [0, 0.1) is 5.92 Å². The van der Waals surface area contributed by atoms with Crippen molar-refractivity contribution >= 4 is 6.41 Å². The quantitative estimate of drug-likeness (QED) is 0.499. The average molecular weight is 213 g/mol. The first kappa shape index (κ1) is 12.5. The van der Waals surface area contributed by atoms with Crippen molar-refractivity contribution in [1.82, 2.24) is 4.90 Å². The summed E-state index contributed by atoms with van der Waals surface area (Å²) in [5.74, 6) is 0.769. The Labute approximate surface area is 92.8 Å². The number of likely N-dealkylation sites (tertiary alicyclic amines) is 1. The van der Waals surface area contributed by atoms with Crippen molar-refractivity contribution in [2.75, 3.05) is 19.7 Å². The molecule has 0 aromatic rings. The van der Waals surface area contributed by atoms with Gasteiger partial charge in [-0.15, -0.1) is 0 Å². The van der Waals surface area contributed by atoms with E-state index >= 15 is 0 Å². The van der Waals surface area contributed by atoms with E-state index in [4.69, 9.17) is 4.74 Å². The Balaban J connectivity index is 2.01. The van der Waals surface area contributed by atoms with Crippen molar-refractivity contribution in [2.24, 2.45) is 5.92 Å². The lowest BCUT2D eigenvalue weighted by molar-refractivity contribution is -0.120. The Morgan fingerprint density at radius 3 is 2.60 bits per heavy atom. The zero-order chi connectivity index (χ0) is 11.1. The molecule has 1 aliphatic rings. The van der Waals surface area contributed by atoms with Gasteiger partial charge in [-0.3, -0.25) is 4.79 Å². The number of ether oxygens (including phenoxy) is 1. The average Bonchev–Trinajstić information content (AvgIpc) is 2.25. The van der Waals surface area contributed by atoms with Gasteiger partial charge < -0.3 is 9.64 Å². The minimum absolute atomic E-state index is 0.383. The summed E-state index contributed by atoms with van der Waals surface area (Å²) in [5, 5.41) is 0. The molecule has 88 valence electrons. The number of nitrogens with zero attached hydrogens (tertiary/aromatic N) is 1. The van der Waals surface area contributed by atoms with Crippen LogP contribution in [0.3, 0.4) is 0 Å². The van der Waals surface area contributed by atoms with Gasteiger partial charge in [0.05, 0.1) is 6.10 Å². The predicted octanol–water partition coefficient (Wildman–Crippen LogP) is 2.06. The van der Waals surface area contributed by atoms with Gasteiger partial charge in [-0.1, -0.05) is 13.8 Å². The number of piperidine rings is 1. The second-order valence-corrected chi connectivity index (χ2v) is 4.75. The molecule has 0 aromatic heterocycles. The van der Waals surface area contributed by atoms with Gasteiger partial charge in [-0.2, -0.15) is 0 Å². The second-order valence-electron chi connectivity index (χ2n) is 4.75. The van der Waals surface area contributed by atoms with Gasteiger partial charge in [0.2, 0.25) is 6.41 Å². The Kier molecular flexibility index (Phi) is 5.69. The third kappa shape index (κ3) is 5.17. The predicted molar refractivity (Wildman–Crippen MR) is 60.7 cm³/mol. The van der Waals surface area contributed by atoms with Gasteiger partial charge in [-0.05, 0) is 31.6 Å². The van der Waals surface area contributed by atoms with Gasteiger partial charge in [0, 0.05) is 19.7 Å². The Hall–Kier alpha value is -0.570. The maximum Gasteiger partial charge on any atom is 0.209 e. The minimum Gasteiger partial charge on any atom is -0.378 e. The lowest BCUT2D eigenvalue weighted by atomic mass is 10.1. The first-order chi connectivity index (χ1) is 7.22. The van der Waals surface area contributed by atoms with Gasteiger partial charge in [-0.25, -0.2) is 0 Å². The molecule has 0 aromatic carbocycles. The molecule has 0 saturated carbocycles. The summed E-state index contributed by atoms with van der Waals surface area (Å²) in [7, 11) is 0. The van der Waals surface area contributed by atoms with Crippen LogP contribution in [0.25, 0.3) is 0 Å². The molecule has 3 nitrogen and oxygen atoms in total. The summed E-state index contributed by atoms with van der Waals surface area (Å²) in [4.78, 5) is 12.3. The summed E-state index contributed by atoms with van der Waals surface area (Å²) >= 11 is 0. The van der Waals surface area contributed by atoms with E-state index in [1.54, 1.807) is 0 Å². The molecule has 0 unspecified atom stereocenters. The fourth-order valence-electron chi connectivity index (χ4n) is 1.89. The zero-order valence-corrected chi connectivity index (χ0v) is 9.95. The van der Waals surface area contributed by atoms with E-state index in [1.165, 1.54) is 6.42 Å². The van der Waals surface area contributed by atoms with E-state index in [1.807, 2.05) is 4.90 Å². The van der Waals surface area contributed by atoms with Crippen molar-refractivity contribution in [2.45, 2.75) is 45.6 Å². The largest absolute Gasteiger partial charge is 0.378 e. The fraction of sp³-hybridized carbons (Fsp3) is 0.917. The molecule has 0 N–H and O–H groups in total. The lowest BCUT2D eigenvalue weighted by Crippen LogP contribution is -2.36. The summed E-state index contributed by atoms with van der Waals surface area (Å²) < 4.78 is 5.78. The molecule has 1 rings (SSSR count). The number of rotatable bonds is 6. The Morgan fingerprint density at radius 1 is 1.40 bits per heavy atom. The van der Waals surface area contributed by atoms with E-state index in [2.05, 4.69) is 13.8 Å². The zero-order valence-electron chi connectivity index (χ0n) is 9.95. The molecule has 1 aliphatic heterocycles. The van der Waals surface area contributed by atoms with Crippen LogP contribution in [0.1, 0.15) is 39.5 Å². The van der Waals surface area contributed by atoms with Crippen molar-refractivity contribution in [1.29, 1.82) is 0 Å². The first-order valence-electron chi connectivity index (χ1n) is 6.03. The highest BCUT2D eigenvalue weighted by Crippen LogP contribution is 2.13. The van der Waals surface area contributed by atoms with E-state index in [-0.39, 0.29) is 0 Å². The van der Waals surface area contributed by atoms with Gasteiger partial charge >= 0.3 is 0 Å². The first-order valence-corrected chi connectivity index (χ1v) is 6.03. The van der Waals surface area contributed by atoms with Crippen molar-refractivity contribution in [3.8, 4) is 0 Å². The maximum atomic E-state index is 10.5. The molecule has 1 fully saturated rings. The molecule has 1 heterocycles.